The van der Waals surface area contributed by atoms with Crippen LogP contribution in [-0.4, -0.2) is 26.5 Å². The van der Waals surface area contributed by atoms with Crippen LogP contribution in [0.1, 0.15) is 29.7 Å². The number of aryl methyl sites for hydroxylation is 3. The van der Waals surface area contributed by atoms with E-state index in [2.05, 4.69) is 37.6 Å². The Bertz CT molecular complexity index is 785. The van der Waals surface area contributed by atoms with E-state index in [9.17, 15) is 0 Å². The van der Waals surface area contributed by atoms with Crippen molar-refractivity contribution < 1.29 is 0 Å². The first kappa shape index (κ1) is 16.5. The summed E-state index contributed by atoms with van der Waals surface area (Å²) in [7, 11) is 0. The lowest BCUT2D eigenvalue weighted by atomic mass is 10.2. The molecule has 3 aromatic heterocycles. The highest BCUT2D eigenvalue weighted by Gasteiger charge is 2.07. The third-order valence-corrected chi connectivity index (χ3v) is 4.60. The highest BCUT2D eigenvalue weighted by atomic mass is 32.1. The van der Waals surface area contributed by atoms with Crippen molar-refractivity contribution in [2.75, 3.05) is 11.9 Å². The number of nitrogens with one attached hydrogen (secondary N) is 1. The first-order valence-electron chi connectivity index (χ1n) is 8.19. The van der Waals surface area contributed by atoms with Crippen molar-refractivity contribution in [1.82, 2.24) is 19.9 Å². The normalized spacial score (nSPS) is 10.8. The number of aromatic nitrogens is 4. The van der Waals surface area contributed by atoms with Gasteiger partial charge in [-0.1, -0.05) is 13.0 Å². The van der Waals surface area contributed by atoms with Gasteiger partial charge in [-0.2, -0.15) is 0 Å². The minimum absolute atomic E-state index is 0.674. The summed E-state index contributed by atoms with van der Waals surface area (Å²) in [6.07, 6.45) is 4.65. The molecular weight excluding hydrogens is 318 g/mol. The molecule has 0 spiro atoms. The first-order valence-corrected chi connectivity index (χ1v) is 9.07. The lowest BCUT2D eigenvalue weighted by Crippen LogP contribution is -2.07. The minimum atomic E-state index is 0.674. The Kier molecular flexibility index (Phi) is 5.48. The van der Waals surface area contributed by atoms with Crippen LogP contribution in [-0.2, 0) is 12.8 Å². The van der Waals surface area contributed by atoms with E-state index < -0.39 is 0 Å². The van der Waals surface area contributed by atoms with Crippen molar-refractivity contribution in [3.8, 4) is 11.5 Å². The molecule has 5 nitrogen and oxygen atoms in total. The molecule has 24 heavy (non-hydrogen) atoms. The van der Waals surface area contributed by atoms with Gasteiger partial charge in [0, 0.05) is 42.0 Å². The number of thiazole rings is 1. The second-order valence-electron chi connectivity index (χ2n) is 5.55. The molecule has 0 saturated heterocycles. The van der Waals surface area contributed by atoms with Gasteiger partial charge in [0.25, 0.3) is 0 Å². The zero-order valence-electron chi connectivity index (χ0n) is 14.0. The van der Waals surface area contributed by atoms with Crippen LogP contribution in [0, 0.1) is 6.92 Å². The van der Waals surface area contributed by atoms with Crippen LogP contribution >= 0.6 is 11.3 Å². The van der Waals surface area contributed by atoms with E-state index in [-0.39, 0.29) is 0 Å². The quantitative estimate of drug-likeness (QED) is 0.661. The summed E-state index contributed by atoms with van der Waals surface area (Å²) >= 11 is 1.73. The van der Waals surface area contributed by atoms with Crippen LogP contribution in [0.25, 0.3) is 11.5 Å². The van der Waals surface area contributed by atoms with Crippen molar-refractivity contribution in [1.29, 1.82) is 0 Å². The van der Waals surface area contributed by atoms with Crippen molar-refractivity contribution in [2.45, 2.75) is 33.1 Å². The summed E-state index contributed by atoms with van der Waals surface area (Å²) in [5.74, 6) is 1.53. The van der Waals surface area contributed by atoms with Gasteiger partial charge in [-0.3, -0.25) is 4.98 Å². The number of hydrogen-bond donors (Lipinski definition) is 1. The van der Waals surface area contributed by atoms with Gasteiger partial charge in [-0.15, -0.1) is 11.3 Å². The Balaban J connectivity index is 1.64. The third kappa shape index (κ3) is 4.35. The Hall–Kier alpha value is -2.34. The predicted molar refractivity (Wildman–Crippen MR) is 98.3 cm³/mol. The number of anilines is 1. The standard InChI is InChI=1S/C18H21N5S/c1-3-14-11-16(20-10-6-8-17-21-13(2)12-24-17)23-18(22-14)15-7-4-5-9-19-15/h4-5,7,9,11-12H,3,6,8,10H2,1-2H3,(H,20,22,23). The molecule has 0 saturated carbocycles. The highest BCUT2D eigenvalue weighted by molar-refractivity contribution is 7.09. The molecule has 3 aromatic rings. The van der Waals surface area contributed by atoms with Gasteiger partial charge in [-0.05, 0) is 31.9 Å². The van der Waals surface area contributed by atoms with Gasteiger partial charge in [0.1, 0.15) is 11.5 Å². The van der Waals surface area contributed by atoms with Crippen molar-refractivity contribution in [3.63, 3.8) is 0 Å². The van der Waals surface area contributed by atoms with Crippen LogP contribution in [0.4, 0.5) is 5.82 Å². The molecule has 0 amide bonds. The van der Waals surface area contributed by atoms with Crippen LogP contribution in [0.2, 0.25) is 0 Å². The summed E-state index contributed by atoms with van der Waals surface area (Å²) < 4.78 is 0. The van der Waals surface area contributed by atoms with Crippen LogP contribution < -0.4 is 5.32 Å². The smallest absolute Gasteiger partial charge is 0.180 e. The Morgan fingerprint density at radius 2 is 2.08 bits per heavy atom. The second kappa shape index (κ2) is 7.97. The Morgan fingerprint density at radius 3 is 2.79 bits per heavy atom. The fourth-order valence-electron chi connectivity index (χ4n) is 2.35. The molecule has 0 aliphatic carbocycles. The molecule has 124 valence electrons. The van der Waals surface area contributed by atoms with E-state index in [4.69, 9.17) is 0 Å². The predicted octanol–water partition coefficient (Wildman–Crippen LogP) is 3.91. The van der Waals surface area contributed by atoms with E-state index in [1.807, 2.05) is 31.2 Å². The fraction of sp³-hybridized carbons (Fsp3) is 0.333. The molecule has 1 N–H and O–H groups in total. The largest absolute Gasteiger partial charge is 0.370 e. The van der Waals surface area contributed by atoms with E-state index in [1.165, 1.54) is 5.01 Å². The van der Waals surface area contributed by atoms with Gasteiger partial charge < -0.3 is 5.32 Å². The van der Waals surface area contributed by atoms with Gasteiger partial charge in [0.2, 0.25) is 0 Å². The van der Waals surface area contributed by atoms with E-state index in [0.717, 1.165) is 48.7 Å². The van der Waals surface area contributed by atoms with Crippen LogP contribution in [0.5, 0.6) is 0 Å². The molecule has 0 aromatic carbocycles. The summed E-state index contributed by atoms with van der Waals surface area (Å²) in [6.45, 7) is 4.99. The summed E-state index contributed by atoms with van der Waals surface area (Å²) in [4.78, 5) is 18.0. The highest BCUT2D eigenvalue weighted by Crippen LogP contribution is 2.16. The molecule has 0 radical (unpaired) electrons. The number of nitrogens with zero attached hydrogens (tertiary/aromatic N) is 4. The first-order chi connectivity index (χ1) is 11.7. The van der Waals surface area contributed by atoms with Gasteiger partial charge in [-0.25, -0.2) is 15.0 Å². The van der Waals surface area contributed by atoms with Gasteiger partial charge in [0.15, 0.2) is 5.82 Å². The van der Waals surface area contributed by atoms with E-state index in [1.54, 1.807) is 17.5 Å². The fourth-order valence-corrected chi connectivity index (χ4v) is 3.17. The zero-order valence-corrected chi connectivity index (χ0v) is 14.8. The van der Waals surface area contributed by atoms with Crippen molar-refractivity contribution in [3.05, 3.63) is 52.2 Å². The number of rotatable bonds is 7. The topological polar surface area (TPSA) is 63.6 Å². The summed E-state index contributed by atoms with van der Waals surface area (Å²) in [6, 6.07) is 7.80. The van der Waals surface area contributed by atoms with E-state index >= 15 is 0 Å². The maximum Gasteiger partial charge on any atom is 0.180 e. The average Bonchev–Trinajstić information content (AvgIpc) is 3.04. The van der Waals surface area contributed by atoms with Crippen molar-refractivity contribution >= 4 is 17.2 Å². The van der Waals surface area contributed by atoms with Crippen LogP contribution in [0.15, 0.2) is 35.8 Å². The third-order valence-electron chi connectivity index (χ3n) is 3.58. The molecule has 0 fully saturated rings. The molecule has 6 heteroatoms. The molecule has 0 atom stereocenters. The summed E-state index contributed by atoms with van der Waals surface area (Å²) in [5, 5.41) is 6.70. The molecule has 0 aliphatic heterocycles. The lowest BCUT2D eigenvalue weighted by molar-refractivity contribution is 0.845. The molecule has 0 unspecified atom stereocenters. The maximum atomic E-state index is 4.60. The monoisotopic (exact) mass is 339 g/mol. The molecule has 3 rings (SSSR count). The Labute approximate surface area is 146 Å². The number of hydrogen-bond acceptors (Lipinski definition) is 6. The molecule has 0 aliphatic rings. The van der Waals surface area contributed by atoms with E-state index in [0.29, 0.717) is 5.82 Å². The minimum Gasteiger partial charge on any atom is -0.370 e. The Morgan fingerprint density at radius 1 is 1.17 bits per heavy atom. The zero-order chi connectivity index (χ0) is 16.8. The molecular formula is C18H21N5S. The number of pyridine rings is 1. The second-order valence-corrected chi connectivity index (χ2v) is 6.49. The van der Waals surface area contributed by atoms with Gasteiger partial charge in [0.05, 0.1) is 5.01 Å². The lowest BCUT2D eigenvalue weighted by Gasteiger charge is -2.09. The SMILES string of the molecule is CCc1cc(NCCCc2nc(C)cs2)nc(-c2ccccn2)n1. The molecule has 0 bridgehead atoms. The average molecular weight is 339 g/mol. The van der Waals surface area contributed by atoms with Crippen LogP contribution in [0.3, 0.4) is 0 Å². The summed E-state index contributed by atoms with van der Waals surface area (Å²) in [5.41, 5.74) is 2.92. The van der Waals surface area contributed by atoms with Gasteiger partial charge >= 0.3 is 0 Å². The molecule has 3 heterocycles. The van der Waals surface area contributed by atoms with Crippen molar-refractivity contribution in [2.24, 2.45) is 0 Å². The maximum absolute atomic E-state index is 4.60.